The van der Waals surface area contributed by atoms with Gasteiger partial charge in [-0.3, -0.25) is 9.80 Å². The van der Waals surface area contributed by atoms with Crippen molar-refractivity contribution in [3.05, 3.63) is 64.6 Å². The van der Waals surface area contributed by atoms with E-state index in [1.54, 1.807) is 12.1 Å². The van der Waals surface area contributed by atoms with Crippen LogP contribution in [0.2, 0.25) is 5.02 Å². The number of aromatic nitrogens is 2. The van der Waals surface area contributed by atoms with Crippen LogP contribution in [0.4, 0.5) is 4.39 Å². The second-order valence-corrected chi connectivity index (χ2v) is 7.49. The van der Waals surface area contributed by atoms with Crippen molar-refractivity contribution < 1.29 is 9.18 Å². The third-order valence-corrected chi connectivity index (χ3v) is 5.44. The van der Waals surface area contributed by atoms with Crippen LogP contribution in [0.15, 0.2) is 42.5 Å². The minimum absolute atomic E-state index is 0.0632. The highest BCUT2D eigenvalue weighted by molar-refractivity contribution is 6.31. The van der Waals surface area contributed by atoms with Crippen molar-refractivity contribution in [1.82, 2.24) is 9.89 Å². The van der Waals surface area contributed by atoms with Crippen molar-refractivity contribution in [3.63, 3.8) is 0 Å². The Hall–Kier alpha value is -2.40. The van der Waals surface area contributed by atoms with Gasteiger partial charge in [0.25, 0.3) is 0 Å². The summed E-state index contributed by atoms with van der Waals surface area (Å²) in [5.41, 5.74) is 2.64. The van der Waals surface area contributed by atoms with E-state index in [1.807, 2.05) is 23.0 Å². The summed E-state index contributed by atoms with van der Waals surface area (Å²) >= 11 is 6.15. The van der Waals surface area contributed by atoms with Crippen LogP contribution < -0.4 is 5.01 Å². The first-order chi connectivity index (χ1) is 13.0. The first kappa shape index (κ1) is 18.0. The summed E-state index contributed by atoms with van der Waals surface area (Å²) < 4.78 is 13.0. The summed E-state index contributed by atoms with van der Waals surface area (Å²) in [7, 11) is 0. The number of Topliss-reactive ketones (excluding diaryl/α,β-unsaturated/α-hetero) is 1. The molecule has 0 aliphatic carbocycles. The zero-order valence-electron chi connectivity index (χ0n) is 15.2. The Morgan fingerprint density at radius 2 is 2.04 bits per heavy atom. The average molecular weight is 386 g/mol. The van der Waals surface area contributed by atoms with Crippen LogP contribution in [0.1, 0.15) is 35.8 Å². The van der Waals surface area contributed by atoms with Crippen LogP contribution in [0.3, 0.4) is 0 Å². The van der Waals surface area contributed by atoms with Crippen molar-refractivity contribution in [2.75, 3.05) is 18.1 Å². The number of aryl methyl sites for hydroxylation is 1. The molecule has 4 nitrogen and oxygen atoms in total. The second kappa shape index (κ2) is 7.31. The number of nitrogens with zero attached hydrogens (tertiary/aromatic N) is 3. The first-order valence-electron chi connectivity index (χ1n) is 9.26. The van der Waals surface area contributed by atoms with Crippen molar-refractivity contribution in [1.29, 1.82) is 0 Å². The van der Waals surface area contributed by atoms with Crippen LogP contribution in [-0.4, -0.2) is 28.8 Å². The Bertz CT molecular complexity index is 983. The molecule has 4 rings (SSSR count). The van der Waals surface area contributed by atoms with Gasteiger partial charge >= 0.3 is 0 Å². The Labute approximate surface area is 162 Å². The zero-order valence-corrected chi connectivity index (χ0v) is 15.9. The number of ketones is 1. The fourth-order valence-corrected chi connectivity index (χ4v) is 3.95. The van der Waals surface area contributed by atoms with Gasteiger partial charge in [0.1, 0.15) is 5.82 Å². The van der Waals surface area contributed by atoms with Crippen LogP contribution in [0, 0.1) is 11.7 Å². The SMILES string of the molecule is CCc1nn(N2CCC(CC(=O)c3ccc(F)cc3)C2)c2ccc(Cl)cc12. The number of fused-ring (bicyclic) bond motifs is 1. The van der Waals surface area contributed by atoms with Gasteiger partial charge in [0.05, 0.1) is 11.2 Å². The third kappa shape index (κ3) is 3.56. The van der Waals surface area contributed by atoms with Crippen LogP contribution >= 0.6 is 11.6 Å². The highest BCUT2D eigenvalue weighted by atomic mass is 35.5. The van der Waals surface area contributed by atoms with Gasteiger partial charge in [-0.05, 0) is 61.2 Å². The molecule has 3 aromatic rings. The molecule has 1 fully saturated rings. The summed E-state index contributed by atoms with van der Waals surface area (Å²) in [5.74, 6) is 0.00312. The summed E-state index contributed by atoms with van der Waals surface area (Å²) in [4.78, 5) is 14.4. The Morgan fingerprint density at radius 3 is 2.78 bits per heavy atom. The second-order valence-electron chi connectivity index (χ2n) is 7.05. The molecule has 1 unspecified atom stereocenters. The maximum atomic E-state index is 13.0. The summed E-state index contributed by atoms with van der Waals surface area (Å²) in [6.07, 6.45) is 2.24. The summed E-state index contributed by atoms with van der Waals surface area (Å²) in [6.45, 7) is 3.71. The molecule has 140 valence electrons. The molecule has 1 aromatic heterocycles. The maximum Gasteiger partial charge on any atom is 0.163 e. The fraction of sp³-hybridized carbons (Fsp3) is 0.333. The monoisotopic (exact) mass is 385 g/mol. The van der Waals surface area contributed by atoms with Crippen molar-refractivity contribution in [3.8, 4) is 0 Å². The molecule has 1 aliphatic rings. The van der Waals surface area contributed by atoms with Crippen molar-refractivity contribution >= 4 is 28.3 Å². The molecule has 0 radical (unpaired) electrons. The quantitative estimate of drug-likeness (QED) is 0.601. The van der Waals surface area contributed by atoms with Crippen LogP contribution in [0.5, 0.6) is 0 Å². The van der Waals surface area contributed by atoms with Gasteiger partial charge in [0.2, 0.25) is 0 Å². The predicted molar refractivity (Wildman–Crippen MR) is 106 cm³/mol. The molecule has 1 aliphatic heterocycles. The van der Waals surface area contributed by atoms with Gasteiger partial charge in [-0.25, -0.2) is 4.39 Å². The molecule has 0 spiro atoms. The number of benzene rings is 2. The molecular formula is C21H21ClFN3O. The molecule has 6 heteroatoms. The number of rotatable bonds is 5. The smallest absolute Gasteiger partial charge is 0.163 e. The standard InChI is InChI=1S/C21H21ClFN3O/c1-2-19-18-12-16(22)5-8-20(18)26(24-19)25-10-9-14(13-25)11-21(27)15-3-6-17(23)7-4-15/h3-8,12,14H,2,9-11,13H2,1H3. The molecule has 0 amide bonds. The minimum Gasteiger partial charge on any atom is -0.296 e. The number of carbonyl (C=O) groups excluding carboxylic acids is 1. The number of halogens is 2. The number of hydrogen-bond acceptors (Lipinski definition) is 3. The topological polar surface area (TPSA) is 38.1 Å². The van der Waals surface area contributed by atoms with Gasteiger partial charge in [0, 0.05) is 35.5 Å². The highest BCUT2D eigenvalue weighted by Crippen LogP contribution is 2.27. The van der Waals surface area contributed by atoms with Gasteiger partial charge in [-0.2, -0.15) is 9.89 Å². The fourth-order valence-electron chi connectivity index (χ4n) is 3.78. The summed E-state index contributed by atoms with van der Waals surface area (Å²) in [5, 5.41) is 8.75. The van der Waals surface area contributed by atoms with Gasteiger partial charge < -0.3 is 0 Å². The van der Waals surface area contributed by atoms with Gasteiger partial charge in [-0.15, -0.1) is 0 Å². The third-order valence-electron chi connectivity index (χ3n) is 5.21. The van der Waals surface area contributed by atoms with Gasteiger partial charge in [-0.1, -0.05) is 18.5 Å². The lowest BCUT2D eigenvalue weighted by atomic mass is 9.98. The normalized spacial score (nSPS) is 17.0. The Kier molecular flexibility index (Phi) is 4.87. The van der Waals surface area contributed by atoms with Crippen LogP contribution in [0.25, 0.3) is 10.9 Å². The molecule has 1 atom stereocenters. The Morgan fingerprint density at radius 1 is 1.26 bits per heavy atom. The van der Waals surface area contributed by atoms with E-state index < -0.39 is 0 Å². The van der Waals surface area contributed by atoms with Crippen LogP contribution in [-0.2, 0) is 6.42 Å². The average Bonchev–Trinajstić information content (AvgIpc) is 3.26. The van der Waals surface area contributed by atoms with Crippen molar-refractivity contribution in [2.45, 2.75) is 26.2 Å². The zero-order chi connectivity index (χ0) is 19.0. The largest absolute Gasteiger partial charge is 0.296 e. The van der Waals surface area contributed by atoms with Crippen molar-refractivity contribution in [2.24, 2.45) is 5.92 Å². The van der Waals surface area contributed by atoms with E-state index in [0.717, 1.165) is 42.5 Å². The molecular weight excluding hydrogens is 365 g/mol. The molecule has 0 saturated carbocycles. The molecule has 0 bridgehead atoms. The summed E-state index contributed by atoms with van der Waals surface area (Å²) in [6, 6.07) is 11.6. The van der Waals surface area contributed by atoms with E-state index in [4.69, 9.17) is 16.7 Å². The molecule has 2 heterocycles. The molecule has 27 heavy (non-hydrogen) atoms. The van der Waals surface area contributed by atoms with E-state index in [1.165, 1.54) is 12.1 Å². The van der Waals surface area contributed by atoms with E-state index in [-0.39, 0.29) is 17.5 Å². The lowest BCUT2D eigenvalue weighted by Crippen LogP contribution is -2.33. The van der Waals surface area contributed by atoms with Gasteiger partial charge in [0.15, 0.2) is 5.78 Å². The maximum absolute atomic E-state index is 13.0. The Balaban J connectivity index is 1.50. The van der Waals surface area contributed by atoms with E-state index >= 15 is 0 Å². The van der Waals surface area contributed by atoms with E-state index in [0.29, 0.717) is 17.0 Å². The molecule has 1 saturated heterocycles. The first-order valence-corrected chi connectivity index (χ1v) is 9.64. The lowest BCUT2D eigenvalue weighted by molar-refractivity contribution is 0.0964. The molecule has 2 aromatic carbocycles. The predicted octanol–water partition coefficient (Wildman–Crippen LogP) is 4.62. The van der Waals surface area contributed by atoms with E-state index in [9.17, 15) is 9.18 Å². The number of hydrogen-bond donors (Lipinski definition) is 0. The lowest BCUT2D eigenvalue weighted by Gasteiger charge is -2.19. The van der Waals surface area contributed by atoms with E-state index in [2.05, 4.69) is 11.9 Å². The highest BCUT2D eigenvalue weighted by Gasteiger charge is 2.27. The number of carbonyl (C=O) groups is 1. The molecule has 0 N–H and O–H groups in total. The minimum atomic E-state index is -0.323.